The van der Waals surface area contributed by atoms with Crippen LogP contribution in [0.3, 0.4) is 0 Å². The number of ether oxygens (including phenoxy) is 1. The molecule has 6 heteroatoms. The summed E-state index contributed by atoms with van der Waals surface area (Å²) in [6, 6.07) is -1.28. The van der Waals surface area contributed by atoms with Gasteiger partial charge in [0.25, 0.3) is 5.85 Å². The molecule has 72 valence electrons. The van der Waals surface area contributed by atoms with Crippen molar-refractivity contribution < 1.29 is 24.4 Å². The van der Waals surface area contributed by atoms with Crippen LogP contribution in [0, 0.1) is 0 Å². The molecule has 0 aromatic carbocycles. The van der Waals surface area contributed by atoms with Gasteiger partial charge in [-0.25, -0.2) is 4.39 Å². The van der Waals surface area contributed by atoms with E-state index < -0.39 is 30.7 Å². The highest BCUT2D eigenvalue weighted by Gasteiger charge is 2.50. The van der Waals surface area contributed by atoms with Gasteiger partial charge in [0.1, 0.15) is 12.2 Å². The van der Waals surface area contributed by atoms with Crippen LogP contribution < -0.4 is 5.73 Å². The summed E-state index contributed by atoms with van der Waals surface area (Å²) < 4.78 is 17.8. The smallest absolute Gasteiger partial charge is 0.253 e. The fourth-order valence-electron chi connectivity index (χ4n) is 1.07. The quantitative estimate of drug-likeness (QED) is 0.365. The minimum Gasteiger partial charge on any atom is -0.394 e. The molecule has 5 N–H and O–H groups in total. The molecule has 0 bridgehead atoms. The van der Waals surface area contributed by atoms with E-state index in [4.69, 9.17) is 25.8 Å². The molecule has 1 fully saturated rings. The summed E-state index contributed by atoms with van der Waals surface area (Å²) in [6.07, 6.45) is -2.91. The van der Waals surface area contributed by atoms with Gasteiger partial charge in [0.15, 0.2) is 0 Å². The molecule has 0 spiro atoms. The number of nitrogens with two attached hydrogens (primary N) is 1. The second-order valence-electron chi connectivity index (χ2n) is 2.83. The van der Waals surface area contributed by atoms with E-state index in [1.165, 1.54) is 0 Å². The number of halogens is 1. The van der Waals surface area contributed by atoms with Crippen molar-refractivity contribution in [2.45, 2.75) is 24.1 Å². The van der Waals surface area contributed by atoms with Crippen molar-refractivity contribution in [3.63, 3.8) is 0 Å². The van der Waals surface area contributed by atoms with Crippen LogP contribution in [0.25, 0.3) is 0 Å². The Bertz CT molecular complexity index is 166. The fourth-order valence-corrected chi connectivity index (χ4v) is 1.07. The number of alkyl halides is 1. The van der Waals surface area contributed by atoms with Crippen LogP contribution in [0.2, 0.25) is 0 Å². The lowest BCUT2D eigenvalue weighted by Gasteiger charge is -2.39. The van der Waals surface area contributed by atoms with Crippen molar-refractivity contribution in [3.8, 4) is 0 Å². The zero-order valence-electron chi connectivity index (χ0n) is 6.35. The van der Waals surface area contributed by atoms with Gasteiger partial charge in [-0.2, -0.15) is 0 Å². The summed E-state index contributed by atoms with van der Waals surface area (Å²) in [6.45, 7) is -0.782. The number of rotatable bonds is 1. The topological polar surface area (TPSA) is 95.9 Å². The molecule has 1 saturated heterocycles. The third-order valence-electron chi connectivity index (χ3n) is 1.96. The van der Waals surface area contributed by atoms with Gasteiger partial charge in [-0.15, -0.1) is 0 Å². The van der Waals surface area contributed by atoms with E-state index in [1.54, 1.807) is 0 Å². The minimum atomic E-state index is -2.88. The largest absolute Gasteiger partial charge is 0.394 e. The third kappa shape index (κ3) is 1.44. The predicted octanol–water partition coefficient (Wildman–Crippen LogP) is -2.28. The Morgan fingerprint density at radius 3 is 2.75 bits per heavy atom. The zero-order valence-corrected chi connectivity index (χ0v) is 6.35. The van der Waals surface area contributed by atoms with E-state index in [-0.39, 0.29) is 6.61 Å². The van der Waals surface area contributed by atoms with Crippen LogP contribution in [0.1, 0.15) is 0 Å². The van der Waals surface area contributed by atoms with Crippen LogP contribution in [-0.4, -0.2) is 52.6 Å². The number of aliphatic hydroxyl groups excluding tert-OH is 2. The van der Waals surface area contributed by atoms with E-state index in [2.05, 4.69) is 0 Å². The molecule has 1 aliphatic rings. The van der Waals surface area contributed by atoms with Crippen molar-refractivity contribution in [2.75, 3.05) is 13.2 Å². The summed E-state index contributed by atoms with van der Waals surface area (Å²) in [4.78, 5) is 0. The van der Waals surface area contributed by atoms with Crippen molar-refractivity contribution >= 4 is 0 Å². The van der Waals surface area contributed by atoms with Gasteiger partial charge in [-0.05, 0) is 0 Å². The molecule has 0 aromatic rings. The van der Waals surface area contributed by atoms with E-state index in [9.17, 15) is 4.39 Å². The number of hydrogen-bond donors (Lipinski definition) is 4. The molecule has 1 heterocycles. The summed E-state index contributed by atoms with van der Waals surface area (Å²) >= 11 is 0. The molecule has 0 amide bonds. The van der Waals surface area contributed by atoms with E-state index in [1.807, 2.05) is 0 Å². The first kappa shape index (κ1) is 9.82. The van der Waals surface area contributed by atoms with Gasteiger partial charge in [0.05, 0.1) is 19.3 Å². The van der Waals surface area contributed by atoms with Gasteiger partial charge in [0.2, 0.25) is 0 Å². The maximum Gasteiger partial charge on any atom is 0.253 e. The fraction of sp³-hybridized carbons (Fsp3) is 1.00. The summed E-state index contributed by atoms with van der Waals surface area (Å²) in [5, 5.41) is 26.6. The van der Waals surface area contributed by atoms with Crippen LogP contribution in [0.4, 0.5) is 4.39 Å². The van der Waals surface area contributed by atoms with Gasteiger partial charge in [-0.1, -0.05) is 0 Å². The molecule has 0 aliphatic carbocycles. The first-order valence-corrected chi connectivity index (χ1v) is 3.57. The molecule has 0 aromatic heterocycles. The van der Waals surface area contributed by atoms with Gasteiger partial charge >= 0.3 is 0 Å². The van der Waals surface area contributed by atoms with Crippen LogP contribution in [0.15, 0.2) is 0 Å². The van der Waals surface area contributed by atoms with Crippen LogP contribution >= 0.6 is 0 Å². The van der Waals surface area contributed by atoms with Crippen LogP contribution in [-0.2, 0) is 4.74 Å². The summed E-state index contributed by atoms with van der Waals surface area (Å²) in [5.74, 6) is -2.88. The van der Waals surface area contributed by atoms with Crippen molar-refractivity contribution in [2.24, 2.45) is 5.73 Å². The highest BCUT2D eigenvalue weighted by molar-refractivity contribution is 4.94. The van der Waals surface area contributed by atoms with Gasteiger partial charge in [0, 0.05) is 0 Å². The third-order valence-corrected chi connectivity index (χ3v) is 1.96. The van der Waals surface area contributed by atoms with Gasteiger partial charge < -0.3 is 25.8 Å². The van der Waals surface area contributed by atoms with Crippen molar-refractivity contribution in [1.29, 1.82) is 0 Å². The molecule has 0 unspecified atom stereocenters. The number of hydrogen-bond acceptors (Lipinski definition) is 5. The molecule has 4 atom stereocenters. The second kappa shape index (κ2) is 3.23. The molecule has 5 nitrogen and oxygen atoms in total. The van der Waals surface area contributed by atoms with Gasteiger partial charge in [-0.3, -0.25) is 0 Å². The van der Waals surface area contributed by atoms with Crippen LogP contribution in [0.5, 0.6) is 0 Å². The standard InChI is InChI=1S/C6H12FNO4/c7-6(11)4(8)2-12-3(1-9)5(6)10/h3-5,9-11H,1-2,8H2/t3-,4+,5-,6-/m1/s1. The Hall–Kier alpha value is -0.270. The molecule has 1 aliphatic heterocycles. The molecule has 1 rings (SSSR count). The molecular formula is C6H12FNO4. The lowest BCUT2D eigenvalue weighted by atomic mass is 9.96. The van der Waals surface area contributed by atoms with E-state index in [0.717, 1.165) is 0 Å². The monoisotopic (exact) mass is 181 g/mol. The Kier molecular flexibility index (Phi) is 2.64. The average molecular weight is 181 g/mol. The Morgan fingerprint density at radius 1 is 1.67 bits per heavy atom. The highest BCUT2D eigenvalue weighted by Crippen LogP contribution is 2.25. The first-order chi connectivity index (χ1) is 5.50. The molecule has 12 heavy (non-hydrogen) atoms. The zero-order chi connectivity index (χ0) is 9.35. The number of aliphatic hydroxyl groups is 3. The Morgan fingerprint density at radius 2 is 2.25 bits per heavy atom. The molecule has 0 radical (unpaired) electrons. The summed E-state index contributed by atoms with van der Waals surface area (Å²) in [5.41, 5.74) is 5.13. The molecular weight excluding hydrogens is 169 g/mol. The minimum absolute atomic E-state index is 0.227. The van der Waals surface area contributed by atoms with E-state index >= 15 is 0 Å². The van der Waals surface area contributed by atoms with Crippen molar-refractivity contribution in [1.82, 2.24) is 0 Å². The molecule has 0 saturated carbocycles. The maximum atomic E-state index is 13.1. The van der Waals surface area contributed by atoms with Crippen molar-refractivity contribution in [3.05, 3.63) is 0 Å². The lowest BCUT2D eigenvalue weighted by Crippen LogP contribution is -2.64. The second-order valence-corrected chi connectivity index (χ2v) is 2.83. The Labute approximate surface area is 68.6 Å². The van der Waals surface area contributed by atoms with E-state index in [0.29, 0.717) is 0 Å². The maximum absolute atomic E-state index is 13.1. The highest BCUT2D eigenvalue weighted by atomic mass is 19.2. The summed E-state index contributed by atoms with van der Waals surface area (Å²) in [7, 11) is 0. The normalized spacial score (nSPS) is 49.2. The Balaban J connectivity index is 2.71. The average Bonchev–Trinajstić information content (AvgIpc) is 2.02. The first-order valence-electron chi connectivity index (χ1n) is 3.57. The predicted molar refractivity (Wildman–Crippen MR) is 36.9 cm³/mol. The lowest BCUT2D eigenvalue weighted by molar-refractivity contribution is -0.262. The SMILES string of the molecule is N[C@H]1CO[C@H](CO)[C@@H](O)[C@@]1(O)F.